The molecule has 5 nitrogen and oxygen atoms in total. The first-order valence-corrected chi connectivity index (χ1v) is 6.64. The molecule has 0 radical (unpaired) electrons. The minimum atomic E-state index is -0.0703. The molecule has 100 valence electrons. The number of imidazole rings is 1. The number of nitrogens with two attached hydrogens (primary N) is 1. The molecule has 1 aromatic rings. The minimum Gasteiger partial charge on any atom is -0.378 e. The van der Waals surface area contributed by atoms with Gasteiger partial charge in [-0.3, -0.25) is 0 Å². The Morgan fingerprint density at radius 1 is 1.56 bits per heavy atom. The van der Waals surface area contributed by atoms with Crippen molar-refractivity contribution < 1.29 is 9.47 Å². The molecule has 2 aliphatic heterocycles. The summed E-state index contributed by atoms with van der Waals surface area (Å²) in [6.45, 7) is 2.33. The fraction of sp³-hybridized carbons (Fsp3) is 0.769. The van der Waals surface area contributed by atoms with Gasteiger partial charge in [0.05, 0.1) is 24.2 Å². The van der Waals surface area contributed by atoms with E-state index in [0.29, 0.717) is 5.92 Å². The topological polar surface area (TPSA) is 62.3 Å². The Hall–Kier alpha value is -0.910. The Morgan fingerprint density at radius 3 is 3.11 bits per heavy atom. The van der Waals surface area contributed by atoms with Gasteiger partial charge in [0.2, 0.25) is 0 Å². The minimum absolute atomic E-state index is 0.0406. The summed E-state index contributed by atoms with van der Waals surface area (Å²) < 4.78 is 13.5. The summed E-state index contributed by atoms with van der Waals surface area (Å²) in [5, 5.41) is 0. The van der Waals surface area contributed by atoms with Crippen molar-refractivity contribution in [3.05, 3.63) is 18.2 Å². The monoisotopic (exact) mass is 251 g/mol. The average Bonchev–Trinajstić information content (AvgIpc) is 2.98. The SMILES string of the molecule is Cn1cncc1C(N)C1CCOC2(CCOC2)C1. The zero-order chi connectivity index (χ0) is 12.6. The Labute approximate surface area is 107 Å². The van der Waals surface area contributed by atoms with Gasteiger partial charge in [-0.05, 0) is 18.8 Å². The third-order valence-electron chi connectivity index (χ3n) is 4.30. The Bertz CT molecular complexity index is 412. The lowest BCUT2D eigenvalue weighted by molar-refractivity contribution is -0.102. The van der Waals surface area contributed by atoms with Crippen LogP contribution in [0.1, 0.15) is 31.0 Å². The van der Waals surface area contributed by atoms with E-state index in [-0.39, 0.29) is 11.6 Å². The van der Waals surface area contributed by atoms with Gasteiger partial charge in [-0.2, -0.15) is 0 Å². The quantitative estimate of drug-likeness (QED) is 0.852. The second-order valence-corrected chi connectivity index (χ2v) is 5.54. The van der Waals surface area contributed by atoms with Crippen LogP contribution in [0.2, 0.25) is 0 Å². The Morgan fingerprint density at radius 2 is 2.44 bits per heavy atom. The van der Waals surface area contributed by atoms with Crippen molar-refractivity contribution in [1.82, 2.24) is 9.55 Å². The van der Waals surface area contributed by atoms with Crippen molar-refractivity contribution in [2.45, 2.75) is 30.9 Å². The maximum atomic E-state index is 6.41. The van der Waals surface area contributed by atoms with Crippen molar-refractivity contribution in [2.75, 3.05) is 19.8 Å². The zero-order valence-electron chi connectivity index (χ0n) is 10.8. The highest BCUT2D eigenvalue weighted by molar-refractivity contribution is 5.07. The largest absolute Gasteiger partial charge is 0.378 e. The van der Waals surface area contributed by atoms with E-state index in [1.54, 1.807) is 0 Å². The summed E-state index contributed by atoms with van der Waals surface area (Å²) >= 11 is 0. The van der Waals surface area contributed by atoms with Gasteiger partial charge in [-0.25, -0.2) is 4.98 Å². The van der Waals surface area contributed by atoms with E-state index in [9.17, 15) is 0 Å². The van der Waals surface area contributed by atoms with E-state index in [1.165, 1.54) is 0 Å². The third-order valence-corrected chi connectivity index (χ3v) is 4.30. The van der Waals surface area contributed by atoms with E-state index < -0.39 is 0 Å². The van der Waals surface area contributed by atoms with Crippen molar-refractivity contribution in [3.63, 3.8) is 0 Å². The molecule has 0 bridgehead atoms. The molecule has 0 aliphatic carbocycles. The van der Waals surface area contributed by atoms with Crippen molar-refractivity contribution in [2.24, 2.45) is 18.7 Å². The molecule has 5 heteroatoms. The number of nitrogens with zero attached hydrogens (tertiary/aromatic N) is 2. The van der Waals surface area contributed by atoms with Gasteiger partial charge < -0.3 is 19.8 Å². The van der Waals surface area contributed by atoms with Gasteiger partial charge >= 0.3 is 0 Å². The van der Waals surface area contributed by atoms with Crippen LogP contribution in [-0.4, -0.2) is 35.0 Å². The van der Waals surface area contributed by atoms with E-state index in [4.69, 9.17) is 15.2 Å². The smallest absolute Gasteiger partial charge is 0.0946 e. The van der Waals surface area contributed by atoms with Gasteiger partial charge in [0.15, 0.2) is 0 Å². The molecule has 0 saturated carbocycles. The summed E-state index contributed by atoms with van der Waals surface area (Å²) in [5.41, 5.74) is 7.45. The molecule has 1 spiro atoms. The first-order valence-electron chi connectivity index (χ1n) is 6.64. The van der Waals surface area contributed by atoms with E-state index >= 15 is 0 Å². The molecule has 2 saturated heterocycles. The lowest BCUT2D eigenvalue weighted by Gasteiger charge is -2.39. The van der Waals surface area contributed by atoms with Gasteiger partial charge in [0.25, 0.3) is 0 Å². The van der Waals surface area contributed by atoms with Gasteiger partial charge in [0, 0.05) is 38.9 Å². The van der Waals surface area contributed by atoms with E-state index in [2.05, 4.69) is 4.98 Å². The van der Waals surface area contributed by atoms with E-state index in [0.717, 1.165) is 44.8 Å². The lowest BCUT2D eigenvalue weighted by atomic mass is 9.80. The molecule has 2 aliphatic rings. The summed E-state index contributed by atoms with van der Waals surface area (Å²) in [7, 11) is 2.00. The molecule has 3 unspecified atom stereocenters. The van der Waals surface area contributed by atoms with Crippen molar-refractivity contribution >= 4 is 0 Å². The molecule has 3 rings (SSSR count). The molecule has 1 aromatic heterocycles. The normalized spacial score (nSPS) is 34.0. The van der Waals surface area contributed by atoms with E-state index in [1.807, 2.05) is 24.1 Å². The maximum Gasteiger partial charge on any atom is 0.0946 e. The molecule has 3 heterocycles. The predicted molar refractivity (Wildman–Crippen MR) is 67.0 cm³/mol. The van der Waals surface area contributed by atoms with Crippen LogP contribution in [-0.2, 0) is 16.5 Å². The number of aryl methyl sites for hydroxylation is 1. The summed E-state index contributed by atoms with van der Waals surface area (Å²) in [6, 6.07) is 0.0406. The van der Waals surface area contributed by atoms with Crippen LogP contribution in [0.25, 0.3) is 0 Å². The van der Waals surface area contributed by atoms with Crippen LogP contribution < -0.4 is 5.73 Å². The van der Waals surface area contributed by atoms with Crippen LogP contribution in [0.3, 0.4) is 0 Å². The lowest BCUT2D eigenvalue weighted by Crippen LogP contribution is -2.43. The number of hydrogen-bond acceptors (Lipinski definition) is 4. The number of hydrogen-bond donors (Lipinski definition) is 1. The predicted octanol–water partition coefficient (Wildman–Crippen LogP) is 1.01. The number of aromatic nitrogens is 2. The molecule has 0 aromatic carbocycles. The Balaban J connectivity index is 1.74. The summed E-state index contributed by atoms with van der Waals surface area (Å²) in [6.07, 6.45) is 6.70. The second kappa shape index (κ2) is 4.64. The zero-order valence-corrected chi connectivity index (χ0v) is 10.8. The number of rotatable bonds is 2. The molecule has 18 heavy (non-hydrogen) atoms. The highest BCUT2D eigenvalue weighted by atomic mass is 16.6. The van der Waals surface area contributed by atoms with Crippen LogP contribution in [0.15, 0.2) is 12.5 Å². The molecule has 2 N–H and O–H groups in total. The highest BCUT2D eigenvalue weighted by Crippen LogP contribution is 2.39. The van der Waals surface area contributed by atoms with Gasteiger partial charge in [-0.1, -0.05) is 0 Å². The second-order valence-electron chi connectivity index (χ2n) is 5.54. The van der Waals surface area contributed by atoms with Crippen LogP contribution in [0, 0.1) is 5.92 Å². The first-order chi connectivity index (χ1) is 8.70. The third kappa shape index (κ3) is 2.06. The van der Waals surface area contributed by atoms with Crippen LogP contribution >= 0.6 is 0 Å². The first kappa shape index (κ1) is 12.1. The van der Waals surface area contributed by atoms with Crippen LogP contribution in [0.4, 0.5) is 0 Å². The average molecular weight is 251 g/mol. The van der Waals surface area contributed by atoms with Gasteiger partial charge in [-0.15, -0.1) is 0 Å². The molecule has 2 fully saturated rings. The molecular weight excluding hydrogens is 230 g/mol. The molecule has 0 amide bonds. The fourth-order valence-corrected chi connectivity index (χ4v) is 3.17. The highest BCUT2D eigenvalue weighted by Gasteiger charge is 2.42. The van der Waals surface area contributed by atoms with Crippen LogP contribution in [0.5, 0.6) is 0 Å². The van der Waals surface area contributed by atoms with Gasteiger partial charge in [0.1, 0.15) is 0 Å². The summed E-state index contributed by atoms with van der Waals surface area (Å²) in [4.78, 5) is 4.15. The number of ether oxygens (including phenoxy) is 2. The molecule has 3 atom stereocenters. The standard InChI is InChI=1S/C13H21N3O2/c1-16-9-15-7-11(16)12(14)10-2-4-18-13(6-10)3-5-17-8-13/h7,9-10,12H,2-6,8,14H2,1H3. The fourth-order valence-electron chi connectivity index (χ4n) is 3.17. The summed E-state index contributed by atoms with van der Waals surface area (Å²) in [5.74, 6) is 0.454. The molecular formula is C13H21N3O2. The maximum absolute atomic E-state index is 6.41. The van der Waals surface area contributed by atoms with Crippen molar-refractivity contribution in [3.8, 4) is 0 Å². The van der Waals surface area contributed by atoms with Crippen molar-refractivity contribution in [1.29, 1.82) is 0 Å². The Kier molecular flexibility index (Phi) is 3.13.